The second-order valence-corrected chi connectivity index (χ2v) is 6.02. The zero-order valence-corrected chi connectivity index (χ0v) is 11.7. The number of hydrogen-bond donors (Lipinski definition) is 1. The van der Waals surface area contributed by atoms with Crippen LogP contribution in [0.3, 0.4) is 0 Å². The quantitative estimate of drug-likeness (QED) is 0.505. The van der Waals surface area contributed by atoms with E-state index in [-0.39, 0.29) is 11.4 Å². The number of hydrogen-bond acceptors (Lipinski definition) is 4. The van der Waals surface area contributed by atoms with E-state index in [1.54, 1.807) is 11.8 Å². The first-order valence-electron chi connectivity index (χ1n) is 6.11. The Bertz CT molecular complexity index is 435. The monoisotopic (exact) mass is 265 g/mol. The summed E-state index contributed by atoms with van der Waals surface area (Å²) in [5.74, 6) is 0.836. The number of esters is 1. The van der Waals surface area contributed by atoms with Crippen LogP contribution in [0, 0.1) is 12.3 Å². The van der Waals surface area contributed by atoms with Crippen molar-refractivity contribution in [3.63, 3.8) is 0 Å². The van der Waals surface area contributed by atoms with Crippen molar-refractivity contribution in [2.45, 2.75) is 31.1 Å². The van der Waals surface area contributed by atoms with Crippen LogP contribution < -0.4 is 5.73 Å². The predicted molar refractivity (Wildman–Crippen MR) is 74.6 cm³/mol. The summed E-state index contributed by atoms with van der Waals surface area (Å²) in [5, 5.41) is 0. The molecule has 1 fully saturated rings. The van der Waals surface area contributed by atoms with E-state index in [2.05, 4.69) is 13.0 Å². The lowest BCUT2D eigenvalue weighted by Gasteiger charge is -2.15. The van der Waals surface area contributed by atoms with Gasteiger partial charge in [0.1, 0.15) is 0 Å². The van der Waals surface area contributed by atoms with Gasteiger partial charge in [0.25, 0.3) is 0 Å². The third kappa shape index (κ3) is 2.99. The molecule has 0 aliphatic heterocycles. The van der Waals surface area contributed by atoms with Crippen molar-refractivity contribution in [2.24, 2.45) is 5.41 Å². The first-order valence-corrected chi connectivity index (χ1v) is 7.10. The van der Waals surface area contributed by atoms with Crippen LogP contribution in [0.15, 0.2) is 23.1 Å². The lowest BCUT2D eigenvalue weighted by atomic mass is 10.1. The van der Waals surface area contributed by atoms with Crippen molar-refractivity contribution < 1.29 is 9.53 Å². The van der Waals surface area contributed by atoms with Crippen molar-refractivity contribution in [2.75, 3.05) is 18.6 Å². The molecule has 0 spiro atoms. The fourth-order valence-electron chi connectivity index (χ4n) is 2.02. The van der Waals surface area contributed by atoms with Gasteiger partial charge in [-0.05, 0) is 36.8 Å². The van der Waals surface area contributed by atoms with E-state index in [0.29, 0.717) is 6.42 Å². The minimum Gasteiger partial charge on any atom is -0.469 e. The highest BCUT2D eigenvalue weighted by atomic mass is 32.2. The van der Waals surface area contributed by atoms with Crippen molar-refractivity contribution in [3.8, 4) is 0 Å². The summed E-state index contributed by atoms with van der Waals surface area (Å²) in [6.07, 6.45) is 2.75. The van der Waals surface area contributed by atoms with Crippen LogP contribution in [0.1, 0.15) is 24.8 Å². The summed E-state index contributed by atoms with van der Waals surface area (Å²) in [6.45, 7) is 2.07. The van der Waals surface area contributed by atoms with Gasteiger partial charge in [0, 0.05) is 16.3 Å². The van der Waals surface area contributed by atoms with E-state index < -0.39 is 0 Å². The number of nitrogens with two attached hydrogens (primary N) is 1. The molecule has 0 radical (unpaired) electrons. The minimum absolute atomic E-state index is 0.106. The lowest BCUT2D eigenvalue weighted by Crippen LogP contribution is -2.13. The standard InChI is InChI=1S/C14H19NO2S/c1-10-4-3-5-11(15)13(10)18-9-14(6-7-14)8-12(16)17-2/h3-5H,6-9,15H2,1-2H3. The van der Waals surface area contributed by atoms with Crippen molar-refractivity contribution in [1.82, 2.24) is 0 Å². The molecule has 0 heterocycles. The minimum atomic E-state index is -0.106. The first kappa shape index (κ1) is 13.3. The zero-order chi connectivity index (χ0) is 13.2. The van der Waals surface area contributed by atoms with Crippen molar-refractivity contribution >= 4 is 23.4 Å². The second-order valence-electron chi connectivity index (χ2n) is 5.03. The Balaban J connectivity index is 1.98. The highest BCUT2D eigenvalue weighted by Gasteiger charge is 2.44. The van der Waals surface area contributed by atoms with Gasteiger partial charge in [-0.2, -0.15) is 0 Å². The lowest BCUT2D eigenvalue weighted by molar-refractivity contribution is -0.141. The molecular weight excluding hydrogens is 246 g/mol. The van der Waals surface area contributed by atoms with E-state index in [4.69, 9.17) is 10.5 Å². The van der Waals surface area contributed by atoms with Gasteiger partial charge < -0.3 is 10.5 Å². The maximum Gasteiger partial charge on any atom is 0.306 e. The molecular formula is C14H19NO2S. The molecule has 0 amide bonds. The average Bonchev–Trinajstić information content (AvgIpc) is 3.08. The third-order valence-electron chi connectivity index (χ3n) is 3.47. The third-order valence-corrected chi connectivity index (χ3v) is 5.07. The Hall–Kier alpha value is -1.16. The number of anilines is 1. The van der Waals surface area contributed by atoms with Crippen LogP contribution >= 0.6 is 11.8 Å². The van der Waals surface area contributed by atoms with Gasteiger partial charge >= 0.3 is 5.97 Å². The van der Waals surface area contributed by atoms with Crippen molar-refractivity contribution in [1.29, 1.82) is 0 Å². The van der Waals surface area contributed by atoms with E-state index in [1.807, 2.05) is 12.1 Å². The van der Waals surface area contributed by atoms with Gasteiger partial charge in [-0.25, -0.2) is 0 Å². The Kier molecular flexibility index (Phi) is 3.85. The predicted octanol–water partition coefficient (Wildman–Crippen LogP) is 3.01. The molecule has 3 nitrogen and oxygen atoms in total. The van der Waals surface area contributed by atoms with E-state index in [1.165, 1.54) is 12.7 Å². The number of methoxy groups -OCH3 is 1. The molecule has 1 aromatic carbocycles. The molecule has 0 atom stereocenters. The second kappa shape index (κ2) is 5.22. The number of benzene rings is 1. The van der Waals surface area contributed by atoms with Crippen molar-refractivity contribution in [3.05, 3.63) is 23.8 Å². The smallest absolute Gasteiger partial charge is 0.306 e. The highest BCUT2D eigenvalue weighted by Crippen LogP contribution is 2.52. The number of aryl methyl sites for hydroxylation is 1. The number of nitrogen functional groups attached to an aromatic ring is 1. The molecule has 98 valence electrons. The number of ether oxygens (including phenoxy) is 1. The molecule has 2 N–H and O–H groups in total. The summed E-state index contributed by atoms with van der Waals surface area (Å²) in [6, 6.07) is 5.96. The Morgan fingerprint density at radius 1 is 1.50 bits per heavy atom. The van der Waals surface area contributed by atoms with Gasteiger partial charge in [-0.15, -0.1) is 11.8 Å². The van der Waals surface area contributed by atoms with Crippen LogP contribution in [0.5, 0.6) is 0 Å². The molecule has 0 aromatic heterocycles. The summed E-state index contributed by atoms with van der Waals surface area (Å²) >= 11 is 1.76. The number of rotatable bonds is 5. The molecule has 1 saturated carbocycles. The van der Waals surface area contributed by atoms with Gasteiger partial charge in [0.2, 0.25) is 0 Å². The molecule has 2 rings (SSSR count). The van der Waals surface area contributed by atoms with Gasteiger partial charge in [0.05, 0.1) is 13.5 Å². The van der Waals surface area contributed by atoms with E-state index >= 15 is 0 Å². The van der Waals surface area contributed by atoms with Crippen LogP contribution in [-0.4, -0.2) is 18.8 Å². The van der Waals surface area contributed by atoms with Crippen LogP contribution in [0.4, 0.5) is 5.69 Å². The molecule has 18 heavy (non-hydrogen) atoms. The van der Waals surface area contributed by atoms with Crippen LogP contribution in [-0.2, 0) is 9.53 Å². The summed E-state index contributed by atoms with van der Waals surface area (Å²) in [7, 11) is 1.45. The summed E-state index contributed by atoms with van der Waals surface area (Å²) in [5.41, 5.74) is 8.16. The molecule has 1 aliphatic carbocycles. The molecule has 1 aromatic rings. The van der Waals surface area contributed by atoms with Gasteiger partial charge in [-0.3, -0.25) is 4.79 Å². The van der Waals surface area contributed by atoms with E-state index in [9.17, 15) is 4.79 Å². The zero-order valence-electron chi connectivity index (χ0n) is 10.9. The van der Waals surface area contributed by atoms with Crippen LogP contribution in [0.2, 0.25) is 0 Å². The maximum atomic E-state index is 11.4. The first-order chi connectivity index (χ1) is 8.56. The SMILES string of the molecule is COC(=O)CC1(CSc2c(C)cccc2N)CC1. The molecule has 0 saturated heterocycles. The Labute approximate surface area is 112 Å². The number of thioether (sulfide) groups is 1. The van der Waals surface area contributed by atoms with Gasteiger partial charge in [0.15, 0.2) is 0 Å². The maximum absolute atomic E-state index is 11.4. The number of carbonyl (C=O) groups is 1. The summed E-state index contributed by atoms with van der Waals surface area (Å²) in [4.78, 5) is 12.5. The fourth-order valence-corrected chi connectivity index (χ4v) is 3.40. The molecule has 0 unspecified atom stereocenters. The molecule has 4 heteroatoms. The highest BCUT2D eigenvalue weighted by molar-refractivity contribution is 7.99. The topological polar surface area (TPSA) is 52.3 Å². The summed E-state index contributed by atoms with van der Waals surface area (Å²) < 4.78 is 4.75. The van der Waals surface area contributed by atoms with Crippen LogP contribution in [0.25, 0.3) is 0 Å². The molecule has 1 aliphatic rings. The fraction of sp³-hybridized carbons (Fsp3) is 0.500. The Morgan fingerprint density at radius 3 is 2.78 bits per heavy atom. The molecule has 0 bridgehead atoms. The average molecular weight is 265 g/mol. The van der Waals surface area contributed by atoms with E-state index in [0.717, 1.165) is 29.2 Å². The largest absolute Gasteiger partial charge is 0.469 e. The number of carbonyl (C=O) groups excluding carboxylic acids is 1. The Morgan fingerprint density at radius 2 is 2.22 bits per heavy atom. The van der Waals surface area contributed by atoms with Gasteiger partial charge in [-0.1, -0.05) is 12.1 Å². The normalized spacial score (nSPS) is 16.3.